The van der Waals surface area contributed by atoms with E-state index in [1.807, 2.05) is 0 Å². The number of ether oxygens (including phenoxy) is 6. The Morgan fingerprint density at radius 1 is 0.482 bits per heavy atom. The molecule has 56 heavy (non-hydrogen) atoms. The van der Waals surface area contributed by atoms with Gasteiger partial charge < -0.3 is 38.6 Å². The Hall–Kier alpha value is -6.82. The second-order valence-electron chi connectivity index (χ2n) is 13.1. The maximum Gasteiger partial charge on any atom is 0.338 e. The van der Waals surface area contributed by atoms with Crippen LogP contribution in [0.25, 0.3) is 43.1 Å². The molecule has 12 heteroatoms. The fraction of sp³-hybridized carbons (Fsp3) is 0.227. The van der Waals surface area contributed by atoms with E-state index < -0.39 is 34.3 Å². The Morgan fingerprint density at radius 2 is 0.821 bits per heavy atom. The zero-order chi connectivity index (χ0) is 39.7. The molecule has 0 bridgehead atoms. The molecule has 0 amide bonds. The van der Waals surface area contributed by atoms with Gasteiger partial charge in [-0.2, -0.15) is 0 Å². The number of hydrogen-bond acceptors (Lipinski definition) is 12. The van der Waals surface area contributed by atoms with E-state index in [4.69, 9.17) is 28.4 Å². The van der Waals surface area contributed by atoms with Crippen LogP contribution in [0.2, 0.25) is 0 Å². The molecule has 0 saturated carbocycles. The fourth-order valence-electron chi connectivity index (χ4n) is 7.59. The average Bonchev–Trinajstić information content (AvgIpc) is 3.23. The van der Waals surface area contributed by atoms with Crippen molar-refractivity contribution >= 4 is 55.0 Å². The zero-order valence-corrected chi connectivity index (χ0v) is 31.1. The second kappa shape index (κ2) is 15.5. The highest BCUT2D eigenvalue weighted by atomic mass is 16.5. The molecule has 0 heterocycles. The van der Waals surface area contributed by atoms with Crippen LogP contribution in [0.15, 0.2) is 82.4 Å². The molecule has 7 aromatic carbocycles. The maximum absolute atomic E-state index is 14.3. The van der Waals surface area contributed by atoms with Gasteiger partial charge in [-0.3, -0.25) is 9.59 Å². The van der Waals surface area contributed by atoms with Gasteiger partial charge in [0.15, 0.2) is 11.5 Å². The number of phenols is 2. The maximum atomic E-state index is 14.3. The van der Waals surface area contributed by atoms with Crippen molar-refractivity contribution in [3.05, 3.63) is 115 Å². The van der Waals surface area contributed by atoms with Gasteiger partial charge in [-0.25, -0.2) is 9.59 Å². The predicted octanol–water partition coefficient (Wildman–Crippen LogP) is 6.92. The summed E-state index contributed by atoms with van der Waals surface area (Å²) < 4.78 is 34.3. The molecule has 0 atom stereocenters. The lowest BCUT2D eigenvalue weighted by atomic mass is 9.82. The molecular weight excluding hydrogens is 720 g/mol. The molecule has 2 N–H and O–H groups in total. The van der Waals surface area contributed by atoms with Crippen molar-refractivity contribution in [3.63, 3.8) is 0 Å². The van der Waals surface area contributed by atoms with Crippen LogP contribution < -0.4 is 29.8 Å². The highest BCUT2D eigenvalue weighted by Gasteiger charge is 2.32. The minimum absolute atomic E-state index is 0.0410. The Bertz CT molecular complexity index is 2540. The number of fused-ring (bicyclic) bond motifs is 2. The monoisotopic (exact) mass is 758 g/mol. The van der Waals surface area contributed by atoms with Gasteiger partial charge in [-0.1, -0.05) is 36.4 Å². The third-order valence-corrected chi connectivity index (χ3v) is 10.1. The Balaban J connectivity index is 1.50. The SMILES string of the molecule is COc1cc(OC)c2c3c(OC)cc(OC)c4c(=O)c(O)c(CCCOC(=O)c5ccccc5)c(c5c(CCCOC(=O)c6ccccc6)c(O)c(=O)c1c25)c43. The molecule has 0 radical (unpaired) electrons. The van der Waals surface area contributed by atoms with Gasteiger partial charge in [0.05, 0.1) is 63.6 Å². The first-order valence-corrected chi connectivity index (χ1v) is 17.9. The van der Waals surface area contributed by atoms with Crippen LogP contribution in [0.5, 0.6) is 34.5 Å². The van der Waals surface area contributed by atoms with Crippen LogP contribution in [-0.4, -0.2) is 63.8 Å². The van der Waals surface area contributed by atoms with Crippen LogP contribution in [0.4, 0.5) is 0 Å². The molecule has 12 nitrogen and oxygen atoms in total. The first-order valence-electron chi connectivity index (χ1n) is 17.9. The van der Waals surface area contributed by atoms with E-state index in [0.29, 0.717) is 43.4 Å². The van der Waals surface area contributed by atoms with E-state index >= 15 is 0 Å². The molecule has 0 spiro atoms. The van der Waals surface area contributed by atoms with Crippen molar-refractivity contribution in [2.45, 2.75) is 25.7 Å². The number of carbonyl (C=O) groups is 2. The summed E-state index contributed by atoms with van der Waals surface area (Å²) in [5.74, 6) is -1.39. The first kappa shape index (κ1) is 37.5. The third kappa shape index (κ3) is 6.22. The highest BCUT2D eigenvalue weighted by Crippen LogP contribution is 2.53. The van der Waals surface area contributed by atoms with Crippen molar-refractivity contribution < 1.29 is 48.2 Å². The summed E-state index contributed by atoms with van der Waals surface area (Å²) in [6.07, 6.45) is 0.460. The van der Waals surface area contributed by atoms with Gasteiger partial charge in [0.1, 0.15) is 23.0 Å². The number of carbonyl (C=O) groups excluding carboxylic acids is 2. The topological polar surface area (TPSA) is 164 Å². The molecule has 7 aromatic rings. The summed E-state index contributed by atoms with van der Waals surface area (Å²) in [4.78, 5) is 54.0. The van der Waals surface area contributed by atoms with Gasteiger partial charge in [0.2, 0.25) is 10.9 Å². The van der Waals surface area contributed by atoms with Crippen molar-refractivity contribution in [3.8, 4) is 34.5 Å². The van der Waals surface area contributed by atoms with Gasteiger partial charge in [-0.05, 0) is 60.7 Å². The molecule has 0 aliphatic rings. The number of rotatable bonds is 14. The standard InChI is InChI=1S/C44H38O12/c1-51-27-21-29(53-3)35-37-31(25(39(45)41(35)47)17-11-19-55-43(49)23-13-7-5-8-14-23)32-26(18-12-20-56-44(50)24-15-9-6-10-16-24)40(46)42(48)36-30(54-4)22-28(52-2)34(33(27)37)38(32)36/h5-10,13-16,21-22,45-46H,11-12,17-20H2,1-4H3. The molecule has 286 valence electrons. The average molecular weight is 759 g/mol. The van der Waals surface area contributed by atoms with E-state index in [0.717, 1.165) is 0 Å². The quantitative estimate of drug-likeness (QED) is 0.0510. The van der Waals surface area contributed by atoms with E-state index in [1.165, 1.54) is 40.6 Å². The predicted molar refractivity (Wildman–Crippen MR) is 211 cm³/mol. The third-order valence-electron chi connectivity index (χ3n) is 10.1. The molecule has 0 saturated heterocycles. The minimum atomic E-state index is -0.716. The van der Waals surface area contributed by atoms with E-state index in [-0.39, 0.29) is 83.8 Å². The summed E-state index contributed by atoms with van der Waals surface area (Å²) in [7, 11) is 5.70. The molecule has 0 fully saturated rings. The number of aryl methyl sites for hydroxylation is 2. The van der Waals surface area contributed by atoms with Gasteiger partial charge in [0, 0.05) is 44.8 Å². The lowest BCUT2D eigenvalue weighted by Crippen LogP contribution is -2.13. The van der Waals surface area contributed by atoms with Crippen LogP contribution in [-0.2, 0) is 22.3 Å². The molecule has 0 aliphatic carbocycles. The van der Waals surface area contributed by atoms with E-state index in [1.54, 1.807) is 60.7 Å². The number of aromatic hydroxyl groups is 2. The lowest BCUT2D eigenvalue weighted by molar-refractivity contribution is 0.0491. The number of methoxy groups -OCH3 is 4. The first-order chi connectivity index (χ1) is 27.2. The normalized spacial score (nSPS) is 11.4. The molecule has 0 unspecified atom stereocenters. The van der Waals surface area contributed by atoms with Gasteiger partial charge in [0.25, 0.3) is 0 Å². The van der Waals surface area contributed by atoms with Crippen LogP contribution in [0.1, 0.15) is 44.7 Å². The van der Waals surface area contributed by atoms with Crippen molar-refractivity contribution in [2.24, 2.45) is 0 Å². The van der Waals surface area contributed by atoms with E-state index in [9.17, 15) is 29.4 Å². The summed E-state index contributed by atoms with van der Waals surface area (Å²) in [6, 6.07) is 20.1. The highest BCUT2D eigenvalue weighted by molar-refractivity contribution is 6.38. The zero-order valence-electron chi connectivity index (χ0n) is 31.1. The summed E-state index contributed by atoms with van der Waals surface area (Å²) >= 11 is 0. The minimum Gasteiger partial charge on any atom is -0.504 e. The summed E-state index contributed by atoms with van der Waals surface area (Å²) in [5.41, 5.74) is -0.303. The summed E-state index contributed by atoms with van der Waals surface area (Å²) in [6.45, 7) is -0.101. The Morgan fingerprint density at radius 3 is 1.16 bits per heavy atom. The molecule has 7 rings (SSSR count). The lowest BCUT2D eigenvalue weighted by Gasteiger charge is -2.24. The number of hydrogen-bond donors (Lipinski definition) is 2. The Labute approximate surface area is 320 Å². The molecule has 0 aromatic heterocycles. The number of benzene rings is 7. The van der Waals surface area contributed by atoms with Crippen LogP contribution in [0.3, 0.4) is 0 Å². The van der Waals surface area contributed by atoms with Crippen LogP contribution in [0, 0.1) is 0 Å². The van der Waals surface area contributed by atoms with Crippen molar-refractivity contribution in [1.82, 2.24) is 0 Å². The summed E-state index contributed by atoms with van der Waals surface area (Å²) in [5, 5.41) is 25.9. The van der Waals surface area contributed by atoms with Gasteiger partial charge in [-0.15, -0.1) is 0 Å². The fourth-order valence-corrected chi connectivity index (χ4v) is 7.59. The Kier molecular flexibility index (Phi) is 10.4. The van der Waals surface area contributed by atoms with Gasteiger partial charge >= 0.3 is 11.9 Å². The number of phenolic OH excluding ortho intramolecular Hbond substituents is 2. The number of esters is 2. The molecular formula is C44H38O12. The largest absolute Gasteiger partial charge is 0.504 e. The van der Waals surface area contributed by atoms with Crippen molar-refractivity contribution in [2.75, 3.05) is 41.7 Å². The van der Waals surface area contributed by atoms with Crippen LogP contribution >= 0.6 is 0 Å². The smallest absolute Gasteiger partial charge is 0.338 e. The van der Waals surface area contributed by atoms with E-state index in [2.05, 4.69) is 0 Å². The second-order valence-corrected chi connectivity index (χ2v) is 13.1. The van der Waals surface area contributed by atoms with Crippen molar-refractivity contribution in [1.29, 1.82) is 0 Å². The molecule has 0 aliphatic heterocycles.